The molecule has 1 unspecified atom stereocenters. The Morgan fingerprint density at radius 3 is 2.24 bits per heavy atom. The van der Waals surface area contributed by atoms with E-state index in [0.29, 0.717) is 11.3 Å². The van der Waals surface area contributed by atoms with Crippen LogP contribution in [0.15, 0.2) is 78.9 Å². The van der Waals surface area contributed by atoms with Crippen LogP contribution in [0.2, 0.25) is 0 Å². The van der Waals surface area contributed by atoms with Gasteiger partial charge in [-0.3, -0.25) is 19.3 Å². The van der Waals surface area contributed by atoms with Crippen LogP contribution in [-0.4, -0.2) is 52.7 Å². The molecule has 0 radical (unpaired) electrons. The van der Waals surface area contributed by atoms with E-state index in [4.69, 9.17) is 0 Å². The van der Waals surface area contributed by atoms with Crippen molar-refractivity contribution in [3.8, 4) is 0 Å². The molecule has 37 heavy (non-hydrogen) atoms. The fourth-order valence-electron chi connectivity index (χ4n) is 5.41. The number of anilines is 1. The van der Waals surface area contributed by atoms with Gasteiger partial charge in [0.25, 0.3) is 11.8 Å². The van der Waals surface area contributed by atoms with Gasteiger partial charge in [0.2, 0.25) is 5.91 Å². The number of halogens is 1. The molecule has 0 aliphatic carbocycles. The summed E-state index contributed by atoms with van der Waals surface area (Å²) in [6.07, 6.45) is 1.52. The maximum absolute atomic E-state index is 14.0. The highest BCUT2D eigenvalue weighted by Gasteiger charge is 2.47. The molecule has 2 aliphatic rings. The molecule has 0 bridgehead atoms. The van der Waals surface area contributed by atoms with Crippen molar-refractivity contribution in [2.75, 3.05) is 18.0 Å². The van der Waals surface area contributed by atoms with Gasteiger partial charge in [-0.25, -0.2) is 4.90 Å². The predicted molar refractivity (Wildman–Crippen MR) is 152 cm³/mol. The van der Waals surface area contributed by atoms with Crippen LogP contribution in [0.25, 0.3) is 0 Å². The number of benzene rings is 3. The van der Waals surface area contributed by atoms with Crippen LogP contribution >= 0.6 is 22.6 Å². The quantitative estimate of drug-likeness (QED) is 0.291. The fourth-order valence-corrected chi connectivity index (χ4v) is 5.77. The Bertz CT molecular complexity index is 1290. The van der Waals surface area contributed by atoms with Gasteiger partial charge in [0.05, 0.1) is 12.1 Å². The number of rotatable bonds is 6. The first-order valence-corrected chi connectivity index (χ1v) is 13.8. The van der Waals surface area contributed by atoms with E-state index in [1.807, 2.05) is 61.5 Å². The van der Waals surface area contributed by atoms with E-state index in [0.717, 1.165) is 41.6 Å². The lowest BCUT2D eigenvalue weighted by Gasteiger charge is -2.41. The number of carbonyl (C=O) groups is 3. The van der Waals surface area contributed by atoms with Gasteiger partial charge in [0.1, 0.15) is 6.04 Å². The lowest BCUT2D eigenvalue weighted by Crippen LogP contribution is -2.54. The number of hydrogen-bond donors (Lipinski definition) is 0. The highest BCUT2D eigenvalue weighted by molar-refractivity contribution is 14.1. The maximum Gasteiger partial charge on any atom is 0.257 e. The Hall–Kier alpha value is -3.04. The largest absolute Gasteiger partial charge is 0.323 e. The summed E-state index contributed by atoms with van der Waals surface area (Å²) in [6.45, 7) is 4.42. The third kappa shape index (κ3) is 5.48. The lowest BCUT2D eigenvalue weighted by atomic mass is 9.97. The molecule has 2 aliphatic heterocycles. The van der Waals surface area contributed by atoms with Gasteiger partial charge in [0.15, 0.2) is 0 Å². The zero-order valence-electron chi connectivity index (χ0n) is 20.8. The standard InChI is InChI=1S/C30H30IN3O3/c1-21-7-5-6-10-26(21)29(36)33(25-15-17-32(18-16-25)20-22-8-3-2-4-9-22)27-19-28(35)34(30(27)37)24-13-11-23(31)12-14-24/h2-14,25,27H,15-20H2,1H3. The topological polar surface area (TPSA) is 60.9 Å². The highest BCUT2D eigenvalue weighted by Crippen LogP contribution is 2.31. The van der Waals surface area contributed by atoms with Crippen molar-refractivity contribution < 1.29 is 14.4 Å². The molecule has 0 saturated carbocycles. The average Bonchev–Trinajstić information content (AvgIpc) is 3.20. The summed E-state index contributed by atoms with van der Waals surface area (Å²) in [5, 5.41) is 0. The van der Waals surface area contributed by atoms with Crippen LogP contribution < -0.4 is 4.90 Å². The number of aryl methyl sites for hydroxylation is 1. The SMILES string of the molecule is Cc1ccccc1C(=O)N(C1CCN(Cc2ccccc2)CC1)C1CC(=O)N(c2ccc(I)cc2)C1=O. The smallest absolute Gasteiger partial charge is 0.257 e. The van der Waals surface area contributed by atoms with Crippen molar-refractivity contribution in [1.29, 1.82) is 0 Å². The van der Waals surface area contributed by atoms with Crippen molar-refractivity contribution in [3.05, 3.63) is 99.1 Å². The molecule has 2 fully saturated rings. The Balaban J connectivity index is 1.40. The van der Waals surface area contributed by atoms with Gasteiger partial charge in [-0.2, -0.15) is 0 Å². The molecule has 6 nitrogen and oxygen atoms in total. The lowest BCUT2D eigenvalue weighted by molar-refractivity contribution is -0.123. The summed E-state index contributed by atoms with van der Waals surface area (Å²) in [7, 11) is 0. The van der Waals surface area contributed by atoms with Gasteiger partial charge >= 0.3 is 0 Å². The summed E-state index contributed by atoms with van der Waals surface area (Å²) < 4.78 is 1.02. The zero-order chi connectivity index (χ0) is 25.9. The van der Waals surface area contributed by atoms with E-state index in [1.54, 1.807) is 17.0 Å². The van der Waals surface area contributed by atoms with Gasteiger partial charge < -0.3 is 4.90 Å². The van der Waals surface area contributed by atoms with Gasteiger partial charge in [-0.1, -0.05) is 48.5 Å². The number of hydrogen-bond acceptors (Lipinski definition) is 4. The number of imide groups is 1. The zero-order valence-corrected chi connectivity index (χ0v) is 23.0. The van der Waals surface area contributed by atoms with Gasteiger partial charge in [-0.05, 0) is 83.8 Å². The van der Waals surface area contributed by atoms with Crippen LogP contribution in [0.5, 0.6) is 0 Å². The molecule has 2 saturated heterocycles. The summed E-state index contributed by atoms with van der Waals surface area (Å²) in [4.78, 5) is 46.2. The van der Waals surface area contributed by atoms with E-state index >= 15 is 0 Å². The van der Waals surface area contributed by atoms with E-state index in [1.165, 1.54) is 10.5 Å². The van der Waals surface area contributed by atoms with Crippen molar-refractivity contribution in [2.45, 2.75) is 44.8 Å². The summed E-state index contributed by atoms with van der Waals surface area (Å²) >= 11 is 2.20. The first kappa shape index (κ1) is 25.6. The molecule has 5 rings (SSSR count). The molecule has 1 atom stereocenters. The second kappa shape index (κ2) is 11.1. The molecule has 0 spiro atoms. The van der Waals surface area contributed by atoms with E-state index < -0.39 is 6.04 Å². The molecule has 190 valence electrons. The molecule has 3 aromatic rings. The van der Waals surface area contributed by atoms with Crippen LogP contribution in [0.3, 0.4) is 0 Å². The van der Waals surface area contributed by atoms with Crippen LogP contribution in [-0.2, 0) is 16.1 Å². The fraction of sp³-hybridized carbons (Fsp3) is 0.300. The normalized spacial score (nSPS) is 18.9. The number of likely N-dealkylation sites (tertiary alicyclic amines) is 1. The summed E-state index contributed by atoms with van der Waals surface area (Å²) in [5.74, 6) is -0.754. The van der Waals surface area contributed by atoms with Gasteiger partial charge in [-0.15, -0.1) is 0 Å². The van der Waals surface area contributed by atoms with Crippen molar-refractivity contribution in [1.82, 2.24) is 9.80 Å². The molecular formula is C30H30IN3O3. The number of piperidine rings is 1. The third-order valence-electron chi connectivity index (χ3n) is 7.35. The van der Waals surface area contributed by atoms with Crippen molar-refractivity contribution in [2.24, 2.45) is 0 Å². The number of nitrogens with zero attached hydrogens (tertiary/aromatic N) is 3. The number of amides is 3. The second-order valence-corrected chi connectivity index (χ2v) is 11.0. The van der Waals surface area contributed by atoms with E-state index in [9.17, 15) is 14.4 Å². The molecule has 2 heterocycles. The second-order valence-electron chi connectivity index (χ2n) is 9.78. The Morgan fingerprint density at radius 1 is 0.919 bits per heavy atom. The Labute approximate surface area is 231 Å². The molecule has 3 amide bonds. The Morgan fingerprint density at radius 2 is 1.57 bits per heavy atom. The Kier molecular flexibility index (Phi) is 7.71. The summed E-state index contributed by atoms with van der Waals surface area (Å²) in [6, 6.07) is 24.3. The molecule has 7 heteroatoms. The first-order chi connectivity index (χ1) is 17.9. The summed E-state index contributed by atoms with van der Waals surface area (Å²) in [5.41, 5.74) is 3.27. The maximum atomic E-state index is 14.0. The third-order valence-corrected chi connectivity index (χ3v) is 8.07. The molecular weight excluding hydrogens is 577 g/mol. The minimum Gasteiger partial charge on any atom is -0.323 e. The predicted octanol–water partition coefficient (Wildman–Crippen LogP) is 5.04. The number of carbonyl (C=O) groups excluding carboxylic acids is 3. The van der Waals surface area contributed by atoms with Crippen LogP contribution in [0.4, 0.5) is 5.69 Å². The monoisotopic (exact) mass is 607 g/mol. The first-order valence-electron chi connectivity index (χ1n) is 12.7. The van der Waals surface area contributed by atoms with E-state index in [-0.39, 0.29) is 30.2 Å². The van der Waals surface area contributed by atoms with Crippen molar-refractivity contribution >= 4 is 46.0 Å². The minimum atomic E-state index is -0.801. The molecule has 0 N–H and O–H groups in total. The van der Waals surface area contributed by atoms with Crippen LogP contribution in [0.1, 0.15) is 40.7 Å². The minimum absolute atomic E-state index is 0.00662. The van der Waals surface area contributed by atoms with E-state index in [2.05, 4.69) is 39.6 Å². The van der Waals surface area contributed by atoms with Crippen LogP contribution in [0, 0.1) is 10.5 Å². The average molecular weight is 607 g/mol. The molecule has 3 aromatic carbocycles. The van der Waals surface area contributed by atoms with Crippen molar-refractivity contribution in [3.63, 3.8) is 0 Å². The molecule has 0 aromatic heterocycles. The van der Waals surface area contributed by atoms with Gasteiger partial charge in [0, 0.05) is 34.8 Å². The highest BCUT2D eigenvalue weighted by atomic mass is 127.